The largest absolute Gasteiger partial charge is 0.496 e. The van der Waals surface area contributed by atoms with Gasteiger partial charge in [0, 0.05) is 18.0 Å². The fourth-order valence-electron chi connectivity index (χ4n) is 1.46. The van der Waals surface area contributed by atoms with Crippen molar-refractivity contribution < 1.29 is 4.74 Å². The molecule has 0 aliphatic carbocycles. The van der Waals surface area contributed by atoms with Crippen LogP contribution in [-0.2, 0) is 0 Å². The fraction of sp³-hybridized carbons (Fsp3) is 0.0714. The lowest BCUT2D eigenvalue weighted by Gasteiger charge is -2.03. The zero-order valence-electron chi connectivity index (χ0n) is 9.13. The summed E-state index contributed by atoms with van der Waals surface area (Å²) in [6.07, 6.45) is 7.63. The molecule has 0 aliphatic heterocycles. The summed E-state index contributed by atoms with van der Waals surface area (Å²) >= 11 is 0. The van der Waals surface area contributed by atoms with Gasteiger partial charge in [0.1, 0.15) is 5.75 Å². The van der Waals surface area contributed by atoms with Crippen molar-refractivity contribution in [2.45, 2.75) is 0 Å². The van der Waals surface area contributed by atoms with Crippen molar-refractivity contribution in [3.05, 3.63) is 59.9 Å². The monoisotopic (exact) mass is 211 g/mol. The van der Waals surface area contributed by atoms with Crippen molar-refractivity contribution in [1.29, 1.82) is 0 Å². The van der Waals surface area contributed by atoms with Crippen LogP contribution in [0.3, 0.4) is 0 Å². The molecule has 0 N–H and O–H groups in total. The van der Waals surface area contributed by atoms with Gasteiger partial charge in [-0.2, -0.15) is 0 Å². The standard InChI is InChI=1S/C14H13NO/c1-16-14-7-3-2-6-13(14)9-8-12-5-4-10-15-11-12/h2-11H,1H3/b9-8+. The van der Waals surface area contributed by atoms with Crippen molar-refractivity contribution in [1.82, 2.24) is 4.98 Å². The van der Waals surface area contributed by atoms with Gasteiger partial charge in [0.2, 0.25) is 0 Å². The Bertz CT molecular complexity index is 477. The highest BCUT2D eigenvalue weighted by Gasteiger charge is 1.96. The van der Waals surface area contributed by atoms with E-state index in [1.807, 2.05) is 54.7 Å². The summed E-state index contributed by atoms with van der Waals surface area (Å²) < 4.78 is 5.27. The van der Waals surface area contributed by atoms with Gasteiger partial charge in [0.05, 0.1) is 7.11 Å². The molecule has 0 fully saturated rings. The topological polar surface area (TPSA) is 22.1 Å². The third-order valence-electron chi connectivity index (χ3n) is 2.28. The molecular formula is C14H13NO. The average Bonchev–Trinajstić information content (AvgIpc) is 2.38. The van der Waals surface area contributed by atoms with E-state index < -0.39 is 0 Å². The highest BCUT2D eigenvalue weighted by Crippen LogP contribution is 2.19. The van der Waals surface area contributed by atoms with Gasteiger partial charge >= 0.3 is 0 Å². The van der Waals surface area contributed by atoms with Crippen LogP contribution >= 0.6 is 0 Å². The summed E-state index contributed by atoms with van der Waals surface area (Å²) in [5.41, 5.74) is 2.14. The molecule has 2 nitrogen and oxygen atoms in total. The van der Waals surface area contributed by atoms with Crippen molar-refractivity contribution in [2.75, 3.05) is 7.11 Å². The van der Waals surface area contributed by atoms with E-state index in [0.717, 1.165) is 16.9 Å². The van der Waals surface area contributed by atoms with E-state index in [-0.39, 0.29) is 0 Å². The van der Waals surface area contributed by atoms with Crippen LogP contribution < -0.4 is 4.74 Å². The molecule has 0 bridgehead atoms. The normalized spacial score (nSPS) is 10.6. The van der Waals surface area contributed by atoms with E-state index in [2.05, 4.69) is 4.98 Å². The molecular weight excluding hydrogens is 198 g/mol. The SMILES string of the molecule is COc1ccccc1/C=C/c1cccnc1. The van der Waals surface area contributed by atoms with Gasteiger partial charge in [-0.1, -0.05) is 36.4 Å². The summed E-state index contributed by atoms with van der Waals surface area (Å²) in [7, 11) is 1.68. The second-order valence-electron chi connectivity index (χ2n) is 3.36. The minimum atomic E-state index is 0.877. The smallest absolute Gasteiger partial charge is 0.126 e. The maximum Gasteiger partial charge on any atom is 0.126 e. The van der Waals surface area contributed by atoms with Crippen molar-refractivity contribution in [3.63, 3.8) is 0 Å². The van der Waals surface area contributed by atoms with Crippen LogP contribution in [0, 0.1) is 0 Å². The van der Waals surface area contributed by atoms with Crippen LogP contribution in [0.5, 0.6) is 5.75 Å². The lowest BCUT2D eigenvalue weighted by Crippen LogP contribution is -1.85. The zero-order chi connectivity index (χ0) is 11.2. The Hall–Kier alpha value is -2.09. The molecule has 1 aromatic heterocycles. The molecule has 0 saturated carbocycles. The number of hydrogen-bond donors (Lipinski definition) is 0. The van der Waals surface area contributed by atoms with Gasteiger partial charge in [0.15, 0.2) is 0 Å². The van der Waals surface area contributed by atoms with E-state index in [9.17, 15) is 0 Å². The van der Waals surface area contributed by atoms with Gasteiger partial charge in [-0.05, 0) is 17.7 Å². The first kappa shape index (κ1) is 10.4. The first-order valence-corrected chi connectivity index (χ1v) is 5.11. The molecule has 2 rings (SSSR count). The molecule has 80 valence electrons. The fourth-order valence-corrected chi connectivity index (χ4v) is 1.46. The summed E-state index contributed by atoms with van der Waals surface area (Å²) in [4.78, 5) is 4.06. The molecule has 0 unspecified atom stereocenters. The number of ether oxygens (including phenoxy) is 1. The minimum absolute atomic E-state index is 0.877. The van der Waals surface area contributed by atoms with Crippen LogP contribution in [0.4, 0.5) is 0 Å². The van der Waals surface area contributed by atoms with Crippen LogP contribution in [0.15, 0.2) is 48.8 Å². The number of methoxy groups -OCH3 is 1. The molecule has 16 heavy (non-hydrogen) atoms. The van der Waals surface area contributed by atoms with Gasteiger partial charge in [-0.15, -0.1) is 0 Å². The number of pyridine rings is 1. The Morgan fingerprint density at radius 2 is 1.94 bits per heavy atom. The maximum atomic E-state index is 5.27. The first-order valence-electron chi connectivity index (χ1n) is 5.11. The molecule has 0 atom stereocenters. The van der Waals surface area contributed by atoms with Gasteiger partial charge < -0.3 is 4.74 Å². The minimum Gasteiger partial charge on any atom is -0.496 e. The summed E-state index contributed by atoms with van der Waals surface area (Å²) in [6.45, 7) is 0. The Balaban J connectivity index is 2.24. The molecule has 1 aromatic carbocycles. The Kier molecular flexibility index (Phi) is 3.34. The van der Waals surface area contributed by atoms with Crippen molar-refractivity contribution >= 4 is 12.2 Å². The quantitative estimate of drug-likeness (QED) is 0.777. The van der Waals surface area contributed by atoms with Crippen molar-refractivity contribution in [2.24, 2.45) is 0 Å². The highest BCUT2D eigenvalue weighted by molar-refractivity contribution is 5.72. The van der Waals surface area contributed by atoms with E-state index >= 15 is 0 Å². The number of para-hydroxylation sites is 1. The van der Waals surface area contributed by atoms with E-state index in [4.69, 9.17) is 4.74 Å². The molecule has 0 radical (unpaired) electrons. The molecule has 0 spiro atoms. The van der Waals surface area contributed by atoms with Crippen LogP contribution in [-0.4, -0.2) is 12.1 Å². The third kappa shape index (κ3) is 2.48. The number of aromatic nitrogens is 1. The molecule has 0 amide bonds. The van der Waals surface area contributed by atoms with Crippen LogP contribution in [0.25, 0.3) is 12.2 Å². The van der Waals surface area contributed by atoms with Crippen molar-refractivity contribution in [3.8, 4) is 5.75 Å². The number of rotatable bonds is 3. The molecule has 2 heteroatoms. The van der Waals surface area contributed by atoms with Gasteiger partial charge in [0.25, 0.3) is 0 Å². The molecule has 0 aliphatic rings. The van der Waals surface area contributed by atoms with E-state index in [1.54, 1.807) is 13.3 Å². The number of hydrogen-bond acceptors (Lipinski definition) is 2. The summed E-state index contributed by atoms with van der Waals surface area (Å²) in [5.74, 6) is 0.877. The van der Waals surface area contributed by atoms with E-state index in [1.165, 1.54) is 0 Å². The molecule has 0 saturated heterocycles. The second kappa shape index (κ2) is 5.12. The number of benzene rings is 1. The summed E-state index contributed by atoms with van der Waals surface area (Å²) in [5, 5.41) is 0. The van der Waals surface area contributed by atoms with E-state index in [0.29, 0.717) is 0 Å². The third-order valence-corrected chi connectivity index (χ3v) is 2.28. The molecule has 1 heterocycles. The molecule has 2 aromatic rings. The predicted molar refractivity (Wildman–Crippen MR) is 66.2 cm³/mol. The Morgan fingerprint density at radius 1 is 1.06 bits per heavy atom. The Labute approximate surface area is 95.2 Å². The first-order chi connectivity index (χ1) is 7.90. The Morgan fingerprint density at radius 3 is 2.69 bits per heavy atom. The summed E-state index contributed by atoms with van der Waals surface area (Å²) in [6, 6.07) is 11.8. The lowest BCUT2D eigenvalue weighted by molar-refractivity contribution is 0.414. The van der Waals surface area contributed by atoms with Crippen LogP contribution in [0.2, 0.25) is 0 Å². The highest BCUT2D eigenvalue weighted by atomic mass is 16.5. The predicted octanol–water partition coefficient (Wildman–Crippen LogP) is 3.26. The van der Waals surface area contributed by atoms with Crippen LogP contribution in [0.1, 0.15) is 11.1 Å². The maximum absolute atomic E-state index is 5.27. The van der Waals surface area contributed by atoms with Gasteiger partial charge in [-0.25, -0.2) is 0 Å². The lowest BCUT2D eigenvalue weighted by atomic mass is 10.1. The second-order valence-corrected chi connectivity index (χ2v) is 3.36. The average molecular weight is 211 g/mol. The van der Waals surface area contributed by atoms with Gasteiger partial charge in [-0.3, -0.25) is 4.98 Å². The zero-order valence-corrected chi connectivity index (χ0v) is 9.13. The number of nitrogens with zero attached hydrogens (tertiary/aromatic N) is 1.